The van der Waals surface area contributed by atoms with Gasteiger partial charge in [-0.2, -0.15) is 0 Å². The Morgan fingerprint density at radius 3 is 1.19 bits per heavy atom. The molecule has 0 aromatic rings. The number of phosphoric acid groups is 1. The zero-order valence-corrected chi connectivity index (χ0v) is 45.9. The molecule has 0 saturated heterocycles. The Morgan fingerprint density at radius 1 is 0.449 bits per heavy atom. The summed E-state index contributed by atoms with van der Waals surface area (Å²) in [7, 11) is -4.38. The van der Waals surface area contributed by atoms with Gasteiger partial charge in [-0.05, 0) is 51.4 Å². The zero-order chi connectivity index (χ0) is 50.2. The maximum Gasteiger partial charge on any atom is 0.472 e. The fraction of sp³-hybridized carbons (Fsp3) is 0.831. The molecule has 3 N–H and O–H groups in total. The molecule has 0 aromatic heterocycles. The maximum absolute atomic E-state index is 12.7. The monoisotopic (exact) mass is 992 g/mol. The van der Waals surface area contributed by atoms with Crippen molar-refractivity contribution in [2.24, 2.45) is 5.73 Å². The molecule has 0 aliphatic rings. The molecule has 0 aliphatic carbocycles. The minimum absolute atomic E-state index is 0.0555. The highest BCUT2D eigenvalue weighted by molar-refractivity contribution is 7.47. The lowest BCUT2D eigenvalue weighted by Gasteiger charge is -2.19. The molecule has 0 saturated carbocycles. The van der Waals surface area contributed by atoms with Crippen LogP contribution in [-0.2, 0) is 32.7 Å². The summed E-state index contributed by atoms with van der Waals surface area (Å²) in [5.41, 5.74) is 5.38. The van der Waals surface area contributed by atoms with Crippen molar-refractivity contribution in [1.82, 2.24) is 0 Å². The van der Waals surface area contributed by atoms with E-state index in [1.807, 2.05) is 0 Å². The number of rotatable bonds is 55. The SMILES string of the molecule is CC/C=C\C/C=C\C/C=C\C/C=C\CCCCCCCCCCCCCCCCCCCCCCC(=O)OC(COC(=O)CCCCCCCCCCCCCCCCC)COP(=O)(O)OCCN. The maximum atomic E-state index is 12.7. The van der Waals surface area contributed by atoms with Crippen molar-refractivity contribution in [3.8, 4) is 0 Å². The van der Waals surface area contributed by atoms with Gasteiger partial charge < -0.3 is 20.1 Å². The minimum Gasteiger partial charge on any atom is -0.462 e. The summed E-state index contributed by atoms with van der Waals surface area (Å²) in [6, 6.07) is 0. The molecule has 0 radical (unpaired) electrons. The third kappa shape index (κ3) is 55.1. The van der Waals surface area contributed by atoms with E-state index in [0.717, 1.165) is 57.8 Å². The van der Waals surface area contributed by atoms with E-state index >= 15 is 0 Å². The molecule has 9 nitrogen and oxygen atoms in total. The van der Waals surface area contributed by atoms with Crippen molar-refractivity contribution < 1.29 is 37.6 Å². The predicted molar refractivity (Wildman–Crippen MR) is 293 cm³/mol. The van der Waals surface area contributed by atoms with Crippen molar-refractivity contribution >= 4 is 19.8 Å². The second kappa shape index (κ2) is 55.3. The number of hydrogen-bond acceptors (Lipinski definition) is 8. The molecule has 69 heavy (non-hydrogen) atoms. The first-order chi connectivity index (χ1) is 33.8. The normalized spacial score (nSPS) is 13.4. The average Bonchev–Trinajstić information content (AvgIpc) is 3.34. The summed E-state index contributed by atoms with van der Waals surface area (Å²) < 4.78 is 33.0. The van der Waals surface area contributed by atoms with Gasteiger partial charge in [0.05, 0.1) is 13.2 Å². The van der Waals surface area contributed by atoms with Crippen LogP contribution < -0.4 is 5.73 Å². The third-order valence-corrected chi connectivity index (χ3v) is 13.7. The summed E-state index contributed by atoms with van der Waals surface area (Å²) in [4.78, 5) is 35.1. The number of unbranched alkanes of at least 4 members (excludes halogenated alkanes) is 34. The van der Waals surface area contributed by atoms with E-state index in [0.29, 0.717) is 6.42 Å². The molecule has 0 fully saturated rings. The van der Waals surface area contributed by atoms with E-state index in [-0.39, 0.29) is 38.6 Å². The van der Waals surface area contributed by atoms with Crippen LogP contribution in [0.15, 0.2) is 48.6 Å². The van der Waals surface area contributed by atoms with Crippen molar-refractivity contribution in [1.29, 1.82) is 0 Å². The van der Waals surface area contributed by atoms with E-state index in [1.165, 1.54) is 193 Å². The van der Waals surface area contributed by atoms with Gasteiger partial charge >= 0.3 is 19.8 Å². The highest BCUT2D eigenvalue weighted by Gasteiger charge is 2.26. The molecule has 10 heteroatoms. The number of carbonyl (C=O) groups is 2. The van der Waals surface area contributed by atoms with Gasteiger partial charge in [0.25, 0.3) is 0 Å². The van der Waals surface area contributed by atoms with E-state index in [2.05, 4.69) is 62.5 Å². The summed E-state index contributed by atoms with van der Waals surface area (Å²) >= 11 is 0. The average molecular weight is 993 g/mol. The Kier molecular flexibility index (Phi) is 53.7. The number of hydrogen-bond donors (Lipinski definition) is 2. The molecule has 0 aromatic carbocycles. The number of nitrogens with two attached hydrogens (primary N) is 1. The molecular weight excluding hydrogens is 882 g/mol. The van der Waals surface area contributed by atoms with Gasteiger partial charge in [0.1, 0.15) is 6.61 Å². The Bertz CT molecular complexity index is 1270. The lowest BCUT2D eigenvalue weighted by Crippen LogP contribution is -2.29. The fourth-order valence-electron chi connectivity index (χ4n) is 8.45. The summed E-state index contributed by atoms with van der Waals surface area (Å²) in [5, 5.41) is 0. The molecule has 0 aliphatic heterocycles. The van der Waals surface area contributed by atoms with E-state index in [9.17, 15) is 19.0 Å². The minimum atomic E-state index is -4.38. The number of ether oxygens (including phenoxy) is 2. The van der Waals surface area contributed by atoms with Gasteiger partial charge in [-0.1, -0.05) is 268 Å². The fourth-order valence-corrected chi connectivity index (χ4v) is 9.22. The van der Waals surface area contributed by atoms with Crippen LogP contribution in [0.1, 0.15) is 284 Å². The highest BCUT2D eigenvalue weighted by Crippen LogP contribution is 2.43. The van der Waals surface area contributed by atoms with Gasteiger partial charge in [0.2, 0.25) is 0 Å². The smallest absolute Gasteiger partial charge is 0.462 e. The van der Waals surface area contributed by atoms with Gasteiger partial charge in [0.15, 0.2) is 6.10 Å². The predicted octanol–water partition coefficient (Wildman–Crippen LogP) is 18.2. The Morgan fingerprint density at radius 2 is 0.797 bits per heavy atom. The quantitative estimate of drug-likeness (QED) is 0.0264. The van der Waals surface area contributed by atoms with Gasteiger partial charge in [-0.3, -0.25) is 18.6 Å². The number of esters is 2. The number of allylic oxidation sites excluding steroid dienone is 8. The van der Waals surface area contributed by atoms with E-state index in [4.69, 9.17) is 24.3 Å². The van der Waals surface area contributed by atoms with Crippen LogP contribution in [0.25, 0.3) is 0 Å². The molecule has 0 amide bonds. The van der Waals surface area contributed by atoms with Crippen LogP contribution in [0.3, 0.4) is 0 Å². The van der Waals surface area contributed by atoms with Gasteiger partial charge in [-0.25, -0.2) is 4.57 Å². The molecule has 0 rings (SSSR count). The van der Waals surface area contributed by atoms with Gasteiger partial charge in [0, 0.05) is 19.4 Å². The van der Waals surface area contributed by atoms with Crippen LogP contribution >= 0.6 is 7.82 Å². The Labute approximate surface area is 426 Å². The van der Waals surface area contributed by atoms with Crippen LogP contribution in [0, 0.1) is 0 Å². The first kappa shape index (κ1) is 67.0. The summed E-state index contributed by atoms with van der Waals surface area (Å²) in [5.74, 6) is -0.812. The Hall–Kier alpha value is -2.03. The van der Waals surface area contributed by atoms with Crippen molar-refractivity contribution in [3.63, 3.8) is 0 Å². The lowest BCUT2D eigenvalue weighted by molar-refractivity contribution is -0.161. The second-order valence-electron chi connectivity index (χ2n) is 19.5. The van der Waals surface area contributed by atoms with E-state index in [1.54, 1.807) is 0 Å². The molecular formula is C59H110NO8P. The topological polar surface area (TPSA) is 134 Å². The Balaban J connectivity index is 3.85. The first-order valence-electron chi connectivity index (χ1n) is 29.1. The second-order valence-corrected chi connectivity index (χ2v) is 20.9. The standard InChI is InChI=1S/C59H110NO8P/c1-3-5-7-9-11-13-15-17-19-20-21-22-23-24-25-26-27-28-29-30-31-32-33-34-35-36-38-40-42-44-46-48-50-52-59(62)68-57(56-67-69(63,64)66-54-53-60)55-65-58(61)51-49-47-45-43-41-39-37-18-16-14-12-10-8-6-4-2/h5,7,11,13,17,19,21-22,57H,3-4,6,8-10,12,14-16,18,20,23-56,60H2,1-2H3,(H,63,64)/b7-5-,13-11-,19-17-,22-21-. The van der Waals surface area contributed by atoms with Crippen molar-refractivity contribution in [3.05, 3.63) is 48.6 Å². The summed E-state index contributed by atoms with van der Waals surface area (Å²) in [6.45, 7) is 3.67. The van der Waals surface area contributed by atoms with Crippen LogP contribution in [0.4, 0.5) is 0 Å². The first-order valence-corrected chi connectivity index (χ1v) is 30.6. The third-order valence-electron chi connectivity index (χ3n) is 12.7. The van der Waals surface area contributed by atoms with Crippen molar-refractivity contribution in [2.75, 3.05) is 26.4 Å². The molecule has 0 heterocycles. The molecule has 2 atom stereocenters. The van der Waals surface area contributed by atoms with Gasteiger partial charge in [-0.15, -0.1) is 0 Å². The van der Waals surface area contributed by atoms with Crippen LogP contribution in [0.2, 0.25) is 0 Å². The van der Waals surface area contributed by atoms with E-state index < -0.39 is 26.5 Å². The number of carbonyl (C=O) groups excluding carboxylic acids is 2. The molecule has 404 valence electrons. The molecule has 2 unspecified atom stereocenters. The number of phosphoric ester groups is 1. The van der Waals surface area contributed by atoms with Crippen LogP contribution in [-0.4, -0.2) is 49.3 Å². The molecule has 0 bridgehead atoms. The van der Waals surface area contributed by atoms with Crippen LogP contribution in [0.5, 0.6) is 0 Å². The highest BCUT2D eigenvalue weighted by atomic mass is 31.2. The summed E-state index contributed by atoms with van der Waals surface area (Å²) in [6.07, 6.45) is 67.5. The largest absolute Gasteiger partial charge is 0.472 e. The lowest BCUT2D eigenvalue weighted by atomic mass is 10.0. The zero-order valence-electron chi connectivity index (χ0n) is 45.1. The van der Waals surface area contributed by atoms with Crippen molar-refractivity contribution in [2.45, 2.75) is 290 Å². The molecule has 0 spiro atoms.